The number of hydrogen-bond acceptors (Lipinski definition) is 6. The Morgan fingerprint density at radius 1 is 1.27 bits per heavy atom. The molecule has 9 nitrogen and oxygen atoms in total. The highest BCUT2D eigenvalue weighted by Gasteiger charge is 2.32. The number of carbonyl (C=O) groups is 1. The number of sulfonamides is 1. The zero-order valence-electron chi connectivity index (χ0n) is 16.8. The summed E-state index contributed by atoms with van der Waals surface area (Å²) in [5, 5.41) is 11.3. The lowest BCUT2D eigenvalue weighted by Crippen LogP contribution is -2.27. The van der Waals surface area contributed by atoms with Gasteiger partial charge in [-0.3, -0.25) is 9.20 Å². The summed E-state index contributed by atoms with van der Waals surface area (Å²) >= 11 is 0. The molecule has 0 radical (unpaired) electrons. The van der Waals surface area contributed by atoms with Crippen LogP contribution in [0, 0.1) is 0 Å². The van der Waals surface area contributed by atoms with Gasteiger partial charge in [0.2, 0.25) is 10.0 Å². The van der Waals surface area contributed by atoms with E-state index < -0.39 is 10.0 Å². The van der Waals surface area contributed by atoms with Crippen LogP contribution in [-0.4, -0.2) is 59.7 Å². The molecule has 1 aromatic carbocycles. The molecule has 1 N–H and O–H groups in total. The van der Waals surface area contributed by atoms with E-state index in [-0.39, 0.29) is 11.8 Å². The highest BCUT2D eigenvalue weighted by Crippen LogP contribution is 2.27. The van der Waals surface area contributed by atoms with Gasteiger partial charge in [0.05, 0.1) is 18.9 Å². The molecule has 3 heterocycles. The quantitative estimate of drug-likeness (QED) is 0.635. The Morgan fingerprint density at radius 3 is 2.83 bits per heavy atom. The minimum Gasteiger partial charge on any atom is -0.497 e. The molecule has 0 bridgehead atoms. The predicted molar refractivity (Wildman–Crippen MR) is 111 cm³/mol. The van der Waals surface area contributed by atoms with Crippen LogP contribution in [0.15, 0.2) is 42.6 Å². The molecule has 4 rings (SSSR count). The Labute approximate surface area is 174 Å². The van der Waals surface area contributed by atoms with Crippen LogP contribution in [0.5, 0.6) is 5.75 Å². The average molecular weight is 430 g/mol. The van der Waals surface area contributed by atoms with Gasteiger partial charge in [-0.15, -0.1) is 10.2 Å². The number of carbonyl (C=O) groups excluding carboxylic acids is 1. The van der Waals surface area contributed by atoms with E-state index >= 15 is 0 Å². The summed E-state index contributed by atoms with van der Waals surface area (Å²) in [4.78, 5) is 12.7. The standard InChI is InChI=1S/C20H23N5O4S/c1-29-17-5-3-4-14(10-17)11-21-20(26)16-6-7-18-22-23-19(25(18)13-16)15-8-9-24(12-15)30(2,27)28/h3-7,10,13,15H,8-9,11-12H2,1-2H3,(H,21,26). The molecule has 0 aliphatic carbocycles. The van der Waals surface area contributed by atoms with Crippen LogP contribution in [0.1, 0.15) is 34.1 Å². The van der Waals surface area contributed by atoms with E-state index in [9.17, 15) is 13.2 Å². The normalized spacial score (nSPS) is 17.3. The minimum atomic E-state index is -3.24. The number of rotatable bonds is 6. The zero-order valence-corrected chi connectivity index (χ0v) is 17.6. The second-order valence-corrected chi connectivity index (χ2v) is 9.33. The molecule has 1 unspecified atom stereocenters. The molecular weight excluding hydrogens is 406 g/mol. The van der Waals surface area contributed by atoms with Gasteiger partial charge in [-0.05, 0) is 36.2 Å². The van der Waals surface area contributed by atoms with Gasteiger partial charge in [-0.25, -0.2) is 12.7 Å². The Balaban J connectivity index is 1.51. The Hall–Kier alpha value is -2.98. The highest BCUT2D eigenvalue weighted by molar-refractivity contribution is 7.88. The van der Waals surface area contributed by atoms with Crippen molar-refractivity contribution < 1.29 is 17.9 Å². The number of methoxy groups -OCH3 is 1. The number of fused-ring (bicyclic) bond motifs is 1. The van der Waals surface area contributed by atoms with E-state index in [0.717, 1.165) is 11.3 Å². The fourth-order valence-corrected chi connectivity index (χ4v) is 4.52. The van der Waals surface area contributed by atoms with Crippen molar-refractivity contribution in [3.8, 4) is 5.75 Å². The first-order chi connectivity index (χ1) is 14.3. The van der Waals surface area contributed by atoms with Crippen LogP contribution < -0.4 is 10.1 Å². The lowest BCUT2D eigenvalue weighted by molar-refractivity contribution is 0.0950. The minimum absolute atomic E-state index is 0.0650. The summed E-state index contributed by atoms with van der Waals surface area (Å²) < 4.78 is 32.0. The first-order valence-electron chi connectivity index (χ1n) is 9.56. The van der Waals surface area contributed by atoms with Crippen molar-refractivity contribution in [1.29, 1.82) is 0 Å². The molecule has 10 heteroatoms. The van der Waals surface area contributed by atoms with Crippen LogP contribution in [0.3, 0.4) is 0 Å². The highest BCUT2D eigenvalue weighted by atomic mass is 32.2. The zero-order chi connectivity index (χ0) is 21.3. The van der Waals surface area contributed by atoms with E-state index in [2.05, 4.69) is 15.5 Å². The molecular formula is C20H23N5O4S. The number of amides is 1. The number of ether oxygens (including phenoxy) is 1. The fraction of sp³-hybridized carbons (Fsp3) is 0.350. The number of nitrogens with zero attached hydrogens (tertiary/aromatic N) is 4. The molecule has 30 heavy (non-hydrogen) atoms. The smallest absolute Gasteiger partial charge is 0.253 e. The molecule has 1 fully saturated rings. The fourth-order valence-electron chi connectivity index (χ4n) is 3.63. The van der Waals surface area contributed by atoms with Crippen molar-refractivity contribution in [2.24, 2.45) is 0 Å². The number of pyridine rings is 1. The first-order valence-corrected chi connectivity index (χ1v) is 11.4. The third-order valence-electron chi connectivity index (χ3n) is 5.26. The van der Waals surface area contributed by atoms with Crippen molar-refractivity contribution in [2.45, 2.75) is 18.9 Å². The summed E-state index contributed by atoms with van der Waals surface area (Å²) in [7, 11) is -1.64. The topological polar surface area (TPSA) is 106 Å². The molecule has 1 atom stereocenters. The first kappa shape index (κ1) is 20.3. The molecule has 1 amide bonds. The molecule has 158 valence electrons. The van der Waals surface area contributed by atoms with Crippen molar-refractivity contribution in [3.63, 3.8) is 0 Å². The SMILES string of the molecule is COc1cccc(CNC(=O)c2ccc3nnc(C4CCN(S(C)(=O)=O)C4)n3c2)c1. The third-order valence-corrected chi connectivity index (χ3v) is 6.53. The summed E-state index contributed by atoms with van der Waals surface area (Å²) in [5.41, 5.74) is 2.03. The summed E-state index contributed by atoms with van der Waals surface area (Å²) in [6.45, 7) is 1.19. The van der Waals surface area contributed by atoms with Crippen molar-refractivity contribution >= 4 is 21.6 Å². The molecule has 2 aromatic heterocycles. The van der Waals surface area contributed by atoms with Crippen LogP contribution in [0.2, 0.25) is 0 Å². The van der Waals surface area contributed by atoms with E-state index in [1.165, 1.54) is 10.6 Å². The molecule has 1 aliphatic heterocycles. The van der Waals surface area contributed by atoms with E-state index in [1.54, 1.807) is 29.8 Å². The van der Waals surface area contributed by atoms with Gasteiger partial charge in [0.1, 0.15) is 11.6 Å². The second-order valence-electron chi connectivity index (χ2n) is 7.34. The van der Waals surface area contributed by atoms with E-state index in [0.29, 0.717) is 43.1 Å². The van der Waals surface area contributed by atoms with E-state index in [1.807, 2.05) is 24.3 Å². The molecule has 0 spiro atoms. The largest absolute Gasteiger partial charge is 0.497 e. The summed E-state index contributed by atoms with van der Waals surface area (Å²) in [5.74, 6) is 1.11. The number of nitrogens with one attached hydrogen (secondary N) is 1. The number of benzene rings is 1. The maximum Gasteiger partial charge on any atom is 0.253 e. The van der Waals surface area contributed by atoms with Gasteiger partial charge in [0.15, 0.2) is 5.65 Å². The molecule has 1 saturated heterocycles. The molecule has 3 aromatic rings. The van der Waals surface area contributed by atoms with Crippen LogP contribution in [0.4, 0.5) is 0 Å². The maximum atomic E-state index is 12.7. The van der Waals surface area contributed by atoms with Crippen molar-refractivity contribution in [1.82, 2.24) is 24.2 Å². The van der Waals surface area contributed by atoms with Crippen LogP contribution >= 0.6 is 0 Å². The molecule has 0 saturated carbocycles. The van der Waals surface area contributed by atoms with E-state index in [4.69, 9.17) is 4.74 Å². The maximum absolute atomic E-state index is 12.7. The second kappa shape index (κ2) is 8.04. The number of aromatic nitrogens is 3. The van der Waals surface area contributed by atoms with Crippen LogP contribution in [-0.2, 0) is 16.6 Å². The average Bonchev–Trinajstić information content (AvgIpc) is 3.38. The van der Waals surface area contributed by atoms with Crippen molar-refractivity contribution in [3.05, 3.63) is 59.5 Å². The molecule has 1 aliphatic rings. The lowest BCUT2D eigenvalue weighted by Gasteiger charge is -2.12. The number of hydrogen-bond donors (Lipinski definition) is 1. The van der Waals surface area contributed by atoms with Gasteiger partial charge in [-0.1, -0.05) is 12.1 Å². The third kappa shape index (κ3) is 4.14. The Morgan fingerprint density at radius 2 is 2.10 bits per heavy atom. The van der Waals surface area contributed by atoms with Gasteiger partial charge in [-0.2, -0.15) is 0 Å². The van der Waals surface area contributed by atoms with Crippen LogP contribution in [0.25, 0.3) is 5.65 Å². The van der Waals surface area contributed by atoms with Gasteiger partial charge in [0, 0.05) is 31.7 Å². The Kier molecular flexibility index (Phi) is 5.44. The van der Waals surface area contributed by atoms with Gasteiger partial charge in [0.25, 0.3) is 5.91 Å². The summed E-state index contributed by atoms with van der Waals surface area (Å²) in [6.07, 6.45) is 3.58. The van der Waals surface area contributed by atoms with Gasteiger partial charge >= 0.3 is 0 Å². The Bertz CT molecular complexity index is 1190. The summed E-state index contributed by atoms with van der Waals surface area (Å²) in [6, 6.07) is 10.9. The predicted octanol–water partition coefficient (Wildman–Crippen LogP) is 1.42. The van der Waals surface area contributed by atoms with Gasteiger partial charge < -0.3 is 10.1 Å². The lowest BCUT2D eigenvalue weighted by atomic mass is 10.1. The van der Waals surface area contributed by atoms with Crippen molar-refractivity contribution in [2.75, 3.05) is 26.5 Å². The monoisotopic (exact) mass is 429 g/mol.